The van der Waals surface area contributed by atoms with Crippen molar-refractivity contribution in [3.63, 3.8) is 0 Å². The van der Waals surface area contributed by atoms with Crippen LogP contribution in [0.3, 0.4) is 0 Å². The summed E-state index contributed by atoms with van der Waals surface area (Å²) in [6.07, 6.45) is 5.64. The van der Waals surface area contributed by atoms with E-state index in [1.807, 2.05) is 12.3 Å². The number of anilines is 1. The molecule has 0 aliphatic carbocycles. The topological polar surface area (TPSA) is 16.1 Å². The van der Waals surface area contributed by atoms with Crippen molar-refractivity contribution in [1.29, 1.82) is 0 Å². The summed E-state index contributed by atoms with van der Waals surface area (Å²) >= 11 is 3.71. The quantitative estimate of drug-likeness (QED) is 0.728. The van der Waals surface area contributed by atoms with Crippen molar-refractivity contribution in [2.75, 3.05) is 18.0 Å². The highest BCUT2D eigenvalue weighted by molar-refractivity contribution is 9.09. The molecular weight excluding hydrogens is 252 g/mol. The van der Waals surface area contributed by atoms with Gasteiger partial charge in [-0.05, 0) is 37.8 Å². The monoisotopic (exact) mass is 268 g/mol. The Kier molecular flexibility index (Phi) is 3.62. The number of pyridine rings is 1. The van der Waals surface area contributed by atoms with Gasteiger partial charge in [-0.15, -0.1) is 0 Å². The number of nitrogens with zero attached hydrogens (tertiary/aromatic N) is 2. The second kappa shape index (κ2) is 4.97. The van der Waals surface area contributed by atoms with E-state index in [1.54, 1.807) is 0 Å². The van der Waals surface area contributed by atoms with Crippen LogP contribution >= 0.6 is 15.9 Å². The first-order valence-corrected chi connectivity index (χ1v) is 6.49. The van der Waals surface area contributed by atoms with Gasteiger partial charge in [0.15, 0.2) is 0 Å². The maximum atomic E-state index is 4.48. The molecule has 1 aliphatic rings. The highest BCUT2D eigenvalue weighted by Gasteiger charge is 2.16. The van der Waals surface area contributed by atoms with Crippen LogP contribution in [-0.2, 0) is 0 Å². The summed E-state index contributed by atoms with van der Waals surface area (Å²) in [6, 6.07) is 4.14. The van der Waals surface area contributed by atoms with Gasteiger partial charge in [-0.1, -0.05) is 22.0 Å². The van der Waals surface area contributed by atoms with E-state index in [0.717, 1.165) is 13.1 Å². The summed E-state index contributed by atoms with van der Waals surface area (Å²) in [5.74, 6) is 1.17. The Balaban J connectivity index is 2.13. The molecule has 82 valence electrons. The van der Waals surface area contributed by atoms with Crippen LogP contribution in [0.25, 0.3) is 0 Å². The van der Waals surface area contributed by atoms with Gasteiger partial charge < -0.3 is 4.90 Å². The molecule has 2 nitrogen and oxygen atoms in total. The van der Waals surface area contributed by atoms with Crippen LogP contribution < -0.4 is 4.90 Å². The number of alkyl halides is 1. The molecule has 1 aromatic rings. The summed E-state index contributed by atoms with van der Waals surface area (Å²) in [5.41, 5.74) is 1.28. The molecule has 1 aliphatic heterocycles. The number of rotatable bonds is 1. The van der Waals surface area contributed by atoms with E-state index in [-0.39, 0.29) is 0 Å². The standard InChI is InChI=1S/C12H17BrN2/c1-10-4-2-7-14-12(10)15-8-3-5-11(13)6-9-15/h2,4,7,11H,3,5-6,8-9H2,1H3. The van der Waals surface area contributed by atoms with Crippen LogP contribution in [0.5, 0.6) is 0 Å². The lowest BCUT2D eigenvalue weighted by atomic mass is 10.2. The summed E-state index contributed by atoms with van der Waals surface area (Å²) in [5, 5.41) is 0. The maximum Gasteiger partial charge on any atom is 0.131 e. The van der Waals surface area contributed by atoms with Crippen LogP contribution in [-0.4, -0.2) is 22.9 Å². The van der Waals surface area contributed by atoms with E-state index in [0.29, 0.717) is 4.83 Å². The molecule has 15 heavy (non-hydrogen) atoms. The zero-order chi connectivity index (χ0) is 10.7. The first-order valence-electron chi connectivity index (χ1n) is 5.58. The Morgan fingerprint density at radius 3 is 3.07 bits per heavy atom. The predicted octanol–water partition coefficient (Wildman–Crippen LogP) is 3.14. The molecule has 2 rings (SSSR count). The molecule has 1 saturated heterocycles. The van der Waals surface area contributed by atoms with Gasteiger partial charge in [-0.3, -0.25) is 0 Å². The fraction of sp³-hybridized carbons (Fsp3) is 0.583. The molecule has 0 saturated carbocycles. The van der Waals surface area contributed by atoms with Crippen LogP contribution in [0, 0.1) is 6.92 Å². The van der Waals surface area contributed by atoms with Crippen LogP contribution in [0.15, 0.2) is 18.3 Å². The smallest absolute Gasteiger partial charge is 0.131 e. The first kappa shape index (κ1) is 10.9. The van der Waals surface area contributed by atoms with E-state index in [4.69, 9.17) is 0 Å². The van der Waals surface area contributed by atoms with E-state index < -0.39 is 0 Å². The van der Waals surface area contributed by atoms with Gasteiger partial charge in [0.05, 0.1) is 0 Å². The molecule has 1 fully saturated rings. The summed E-state index contributed by atoms with van der Waals surface area (Å²) in [7, 11) is 0. The molecule has 3 heteroatoms. The highest BCUT2D eigenvalue weighted by Crippen LogP contribution is 2.23. The third-order valence-electron chi connectivity index (χ3n) is 2.94. The lowest BCUT2D eigenvalue weighted by molar-refractivity contribution is 0.753. The van der Waals surface area contributed by atoms with E-state index in [9.17, 15) is 0 Å². The van der Waals surface area contributed by atoms with Gasteiger partial charge >= 0.3 is 0 Å². The minimum absolute atomic E-state index is 0.687. The molecule has 1 unspecified atom stereocenters. The van der Waals surface area contributed by atoms with Crippen molar-refractivity contribution >= 4 is 21.7 Å². The van der Waals surface area contributed by atoms with E-state index >= 15 is 0 Å². The van der Waals surface area contributed by atoms with Crippen molar-refractivity contribution in [3.05, 3.63) is 23.9 Å². The summed E-state index contributed by atoms with van der Waals surface area (Å²) in [4.78, 5) is 7.58. The fourth-order valence-corrected chi connectivity index (χ4v) is 2.60. The van der Waals surface area contributed by atoms with Crippen LogP contribution in [0.4, 0.5) is 5.82 Å². The molecule has 0 aromatic carbocycles. The number of hydrogen-bond donors (Lipinski definition) is 0. The van der Waals surface area contributed by atoms with E-state index in [1.165, 1.54) is 30.6 Å². The Hall–Kier alpha value is -0.570. The van der Waals surface area contributed by atoms with Crippen molar-refractivity contribution < 1.29 is 0 Å². The molecule has 0 amide bonds. The second-order valence-corrected chi connectivity index (χ2v) is 5.45. The SMILES string of the molecule is Cc1cccnc1N1CCCC(Br)CC1. The van der Waals surface area contributed by atoms with Crippen molar-refractivity contribution in [2.45, 2.75) is 31.0 Å². The molecule has 0 N–H and O–H groups in total. The number of halogens is 1. The molecule has 0 bridgehead atoms. The number of aromatic nitrogens is 1. The summed E-state index contributed by atoms with van der Waals surface area (Å²) < 4.78 is 0. The maximum absolute atomic E-state index is 4.48. The molecule has 2 heterocycles. The summed E-state index contributed by atoms with van der Waals surface area (Å²) in [6.45, 7) is 4.40. The average Bonchev–Trinajstić information content (AvgIpc) is 2.44. The molecule has 1 aromatic heterocycles. The average molecular weight is 269 g/mol. The molecule has 1 atom stereocenters. The Bertz CT molecular complexity index is 327. The van der Waals surface area contributed by atoms with Crippen molar-refractivity contribution in [2.24, 2.45) is 0 Å². The number of aryl methyl sites for hydroxylation is 1. The Labute approximate surface area is 99.8 Å². The highest BCUT2D eigenvalue weighted by atomic mass is 79.9. The second-order valence-electron chi connectivity index (χ2n) is 4.16. The van der Waals surface area contributed by atoms with Crippen LogP contribution in [0.1, 0.15) is 24.8 Å². The minimum Gasteiger partial charge on any atom is -0.356 e. The molecular formula is C12H17BrN2. The van der Waals surface area contributed by atoms with Gasteiger partial charge in [0.1, 0.15) is 5.82 Å². The molecule has 0 radical (unpaired) electrons. The van der Waals surface area contributed by atoms with Gasteiger partial charge in [0.2, 0.25) is 0 Å². The van der Waals surface area contributed by atoms with Crippen LogP contribution in [0.2, 0.25) is 0 Å². The first-order chi connectivity index (χ1) is 7.27. The zero-order valence-corrected chi connectivity index (χ0v) is 10.7. The molecule has 0 spiro atoms. The fourth-order valence-electron chi connectivity index (χ4n) is 2.08. The normalized spacial score (nSPS) is 22.5. The Morgan fingerprint density at radius 2 is 2.27 bits per heavy atom. The predicted molar refractivity (Wildman–Crippen MR) is 67.8 cm³/mol. The third-order valence-corrected chi connectivity index (χ3v) is 3.85. The van der Waals surface area contributed by atoms with Crippen molar-refractivity contribution in [1.82, 2.24) is 4.98 Å². The zero-order valence-electron chi connectivity index (χ0n) is 9.12. The van der Waals surface area contributed by atoms with Gasteiger partial charge in [-0.2, -0.15) is 0 Å². The third kappa shape index (κ3) is 2.71. The van der Waals surface area contributed by atoms with Crippen molar-refractivity contribution in [3.8, 4) is 0 Å². The van der Waals surface area contributed by atoms with Gasteiger partial charge in [0.25, 0.3) is 0 Å². The Morgan fingerprint density at radius 1 is 1.40 bits per heavy atom. The number of hydrogen-bond acceptors (Lipinski definition) is 2. The lowest BCUT2D eigenvalue weighted by Gasteiger charge is -2.22. The van der Waals surface area contributed by atoms with Gasteiger partial charge in [0, 0.05) is 24.1 Å². The lowest BCUT2D eigenvalue weighted by Crippen LogP contribution is -2.25. The largest absolute Gasteiger partial charge is 0.356 e. The van der Waals surface area contributed by atoms with E-state index in [2.05, 4.69) is 38.8 Å². The van der Waals surface area contributed by atoms with Gasteiger partial charge in [-0.25, -0.2) is 4.98 Å². The minimum atomic E-state index is 0.687.